The molecule has 0 aliphatic carbocycles. The molecule has 6 nitrogen and oxygen atoms in total. The van der Waals surface area contributed by atoms with Gasteiger partial charge in [-0.2, -0.15) is 0 Å². The number of halogens is 3. The summed E-state index contributed by atoms with van der Waals surface area (Å²) in [5.41, 5.74) is 0.823. The van der Waals surface area contributed by atoms with E-state index in [1.165, 1.54) is 12.1 Å². The number of anilines is 1. The molecule has 0 aromatic heterocycles. The lowest BCUT2D eigenvalue weighted by atomic mass is 10.1. The molecule has 1 aromatic rings. The minimum Gasteiger partial charge on any atom is -0.406 e. The highest BCUT2D eigenvalue weighted by Gasteiger charge is 2.32. The number of hydrogen-bond acceptors (Lipinski definition) is 5. The summed E-state index contributed by atoms with van der Waals surface area (Å²) in [6.45, 7) is 9.23. The predicted octanol–water partition coefficient (Wildman–Crippen LogP) is 1.92. The van der Waals surface area contributed by atoms with Gasteiger partial charge in [-0.1, -0.05) is 0 Å². The normalized spacial score (nSPS) is 21.9. The first-order valence-corrected chi connectivity index (χ1v) is 9.60. The van der Waals surface area contributed by atoms with Crippen LogP contribution in [0, 0.1) is 0 Å². The van der Waals surface area contributed by atoms with Crippen LogP contribution in [0.15, 0.2) is 24.3 Å². The Kier molecular flexibility index (Phi) is 6.34. The first-order valence-electron chi connectivity index (χ1n) is 9.60. The van der Waals surface area contributed by atoms with E-state index in [4.69, 9.17) is 0 Å². The zero-order valence-electron chi connectivity index (χ0n) is 16.2. The van der Waals surface area contributed by atoms with Gasteiger partial charge in [0.15, 0.2) is 0 Å². The van der Waals surface area contributed by atoms with Gasteiger partial charge in [0.1, 0.15) is 5.75 Å². The molecule has 3 rings (SSSR count). The number of amides is 1. The third-order valence-corrected chi connectivity index (χ3v) is 5.26. The average Bonchev–Trinajstić information content (AvgIpc) is 2.67. The number of rotatable bonds is 4. The molecule has 1 aromatic carbocycles. The second-order valence-electron chi connectivity index (χ2n) is 7.45. The van der Waals surface area contributed by atoms with Crippen LogP contribution in [0.2, 0.25) is 0 Å². The molecule has 0 radical (unpaired) electrons. The fourth-order valence-corrected chi connectivity index (χ4v) is 3.67. The van der Waals surface area contributed by atoms with Crippen molar-refractivity contribution in [2.75, 3.05) is 50.7 Å². The maximum Gasteiger partial charge on any atom is 0.573 e. The first-order chi connectivity index (χ1) is 13.2. The van der Waals surface area contributed by atoms with E-state index in [-0.39, 0.29) is 17.7 Å². The third-order valence-electron chi connectivity index (χ3n) is 5.26. The first kappa shape index (κ1) is 20.7. The third kappa shape index (κ3) is 5.29. The van der Waals surface area contributed by atoms with E-state index in [1.54, 1.807) is 12.1 Å². The minimum absolute atomic E-state index is 0.124. The zero-order valence-corrected chi connectivity index (χ0v) is 16.2. The SMILES string of the molecule is CC(C)N1CCN[C@@H](C(=O)N2CCN(c3ccc(OC(F)(F)F)cc3)CC2)C1. The van der Waals surface area contributed by atoms with E-state index >= 15 is 0 Å². The van der Waals surface area contributed by atoms with E-state index in [9.17, 15) is 18.0 Å². The van der Waals surface area contributed by atoms with E-state index in [0.717, 1.165) is 25.3 Å². The van der Waals surface area contributed by atoms with Gasteiger partial charge in [0.05, 0.1) is 6.04 Å². The lowest BCUT2D eigenvalue weighted by Gasteiger charge is -2.41. The van der Waals surface area contributed by atoms with E-state index in [1.807, 2.05) is 4.90 Å². The highest BCUT2D eigenvalue weighted by atomic mass is 19.4. The molecular weight excluding hydrogens is 373 g/mol. The summed E-state index contributed by atoms with van der Waals surface area (Å²) >= 11 is 0. The van der Waals surface area contributed by atoms with E-state index in [0.29, 0.717) is 32.2 Å². The molecule has 1 N–H and O–H groups in total. The fourth-order valence-electron chi connectivity index (χ4n) is 3.67. The second kappa shape index (κ2) is 8.57. The van der Waals surface area contributed by atoms with Crippen molar-refractivity contribution in [3.05, 3.63) is 24.3 Å². The Morgan fingerprint density at radius 3 is 2.32 bits per heavy atom. The summed E-state index contributed by atoms with van der Waals surface area (Å²) in [5, 5.41) is 3.32. The van der Waals surface area contributed by atoms with Crippen LogP contribution >= 0.6 is 0 Å². The van der Waals surface area contributed by atoms with Crippen LogP contribution in [0.25, 0.3) is 0 Å². The summed E-state index contributed by atoms with van der Waals surface area (Å²) < 4.78 is 40.7. The topological polar surface area (TPSA) is 48.1 Å². The molecule has 28 heavy (non-hydrogen) atoms. The molecule has 0 bridgehead atoms. The lowest BCUT2D eigenvalue weighted by molar-refractivity contribution is -0.274. The Bertz CT molecular complexity index is 658. The Morgan fingerprint density at radius 2 is 1.75 bits per heavy atom. The van der Waals surface area contributed by atoms with Crippen LogP contribution < -0.4 is 15.0 Å². The van der Waals surface area contributed by atoms with Crippen LogP contribution in [0.3, 0.4) is 0 Å². The van der Waals surface area contributed by atoms with Gasteiger partial charge < -0.3 is 19.9 Å². The highest BCUT2D eigenvalue weighted by Crippen LogP contribution is 2.26. The Balaban J connectivity index is 1.52. The van der Waals surface area contributed by atoms with Gasteiger partial charge in [0.25, 0.3) is 0 Å². The summed E-state index contributed by atoms with van der Waals surface area (Å²) in [4.78, 5) is 19.1. The number of benzene rings is 1. The molecule has 0 spiro atoms. The lowest BCUT2D eigenvalue weighted by Crippen LogP contribution is -2.61. The maximum absolute atomic E-state index is 12.8. The number of nitrogens with zero attached hydrogens (tertiary/aromatic N) is 3. The van der Waals surface area contributed by atoms with Gasteiger partial charge in [-0.25, -0.2) is 0 Å². The van der Waals surface area contributed by atoms with E-state index in [2.05, 4.69) is 33.7 Å². The van der Waals surface area contributed by atoms with Crippen molar-refractivity contribution in [1.29, 1.82) is 0 Å². The van der Waals surface area contributed by atoms with Crippen molar-refractivity contribution < 1.29 is 22.7 Å². The van der Waals surface area contributed by atoms with Crippen molar-refractivity contribution in [2.24, 2.45) is 0 Å². The van der Waals surface area contributed by atoms with Gasteiger partial charge in [-0.05, 0) is 38.1 Å². The standard InChI is InChI=1S/C19H27F3N4O2/c1-14(2)26-8-7-23-17(13-26)18(27)25-11-9-24(10-12-25)15-3-5-16(6-4-15)28-19(20,21)22/h3-6,14,17,23H,7-13H2,1-2H3/t17-/m1/s1. The summed E-state index contributed by atoms with van der Waals surface area (Å²) in [7, 11) is 0. The number of hydrogen-bond donors (Lipinski definition) is 1. The van der Waals surface area contributed by atoms with Crippen LogP contribution in [0.4, 0.5) is 18.9 Å². The molecule has 2 aliphatic heterocycles. The number of alkyl halides is 3. The van der Waals surface area contributed by atoms with E-state index < -0.39 is 6.36 Å². The van der Waals surface area contributed by atoms with Crippen LogP contribution in [-0.4, -0.2) is 80.0 Å². The molecule has 2 saturated heterocycles. The Morgan fingerprint density at radius 1 is 1.11 bits per heavy atom. The molecule has 2 heterocycles. The summed E-state index contributed by atoms with van der Waals surface area (Å²) in [5.74, 6) is -0.109. The molecule has 2 aliphatic rings. The number of ether oxygens (including phenoxy) is 1. The Labute approximate surface area is 163 Å². The molecule has 156 valence electrons. The smallest absolute Gasteiger partial charge is 0.406 e. The Hall–Kier alpha value is -2.00. The van der Waals surface area contributed by atoms with Crippen LogP contribution in [-0.2, 0) is 4.79 Å². The van der Waals surface area contributed by atoms with Crippen LogP contribution in [0.5, 0.6) is 5.75 Å². The number of carbonyl (C=O) groups is 1. The van der Waals surface area contributed by atoms with Crippen LogP contribution in [0.1, 0.15) is 13.8 Å². The summed E-state index contributed by atoms with van der Waals surface area (Å²) in [6.07, 6.45) is -4.69. The highest BCUT2D eigenvalue weighted by molar-refractivity contribution is 5.82. The maximum atomic E-state index is 12.8. The summed E-state index contributed by atoms with van der Waals surface area (Å²) in [6, 6.07) is 6.09. The second-order valence-corrected chi connectivity index (χ2v) is 7.45. The molecule has 0 saturated carbocycles. The molecule has 1 amide bonds. The molecule has 1 atom stereocenters. The quantitative estimate of drug-likeness (QED) is 0.837. The van der Waals surface area contributed by atoms with Crippen molar-refractivity contribution >= 4 is 11.6 Å². The van der Waals surface area contributed by atoms with Gasteiger partial charge in [-0.3, -0.25) is 9.69 Å². The molecule has 2 fully saturated rings. The largest absolute Gasteiger partial charge is 0.573 e. The van der Waals surface area contributed by atoms with Gasteiger partial charge in [0, 0.05) is 57.5 Å². The van der Waals surface area contributed by atoms with Gasteiger partial charge >= 0.3 is 6.36 Å². The molecule has 0 unspecified atom stereocenters. The zero-order chi connectivity index (χ0) is 20.3. The molecular formula is C19H27F3N4O2. The van der Waals surface area contributed by atoms with Crippen molar-refractivity contribution in [1.82, 2.24) is 15.1 Å². The minimum atomic E-state index is -4.69. The van der Waals surface area contributed by atoms with Gasteiger partial charge in [0.2, 0.25) is 5.91 Å². The van der Waals surface area contributed by atoms with Crippen molar-refractivity contribution in [3.63, 3.8) is 0 Å². The fraction of sp³-hybridized carbons (Fsp3) is 0.632. The molecule has 9 heteroatoms. The number of piperazine rings is 2. The average molecular weight is 400 g/mol. The number of nitrogens with one attached hydrogen (secondary N) is 1. The van der Waals surface area contributed by atoms with Crippen molar-refractivity contribution in [3.8, 4) is 5.75 Å². The van der Waals surface area contributed by atoms with Crippen molar-refractivity contribution in [2.45, 2.75) is 32.3 Å². The predicted molar refractivity (Wildman–Crippen MR) is 100 cm³/mol. The monoisotopic (exact) mass is 400 g/mol. The number of carbonyl (C=O) groups excluding carboxylic acids is 1. The van der Waals surface area contributed by atoms with Gasteiger partial charge in [-0.15, -0.1) is 13.2 Å².